The normalized spacial score (nSPS) is 23.6. The van der Waals surface area contributed by atoms with E-state index in [1.165, 1.54) is 0 Å². The number of hydrogen-bond acceptors (Lipinski definition) is 3. The number of aromatic nitrogens is 2. The van der Waals surface area contributed by atoms with Crippen molar-refractivity contribution in [3.05, 3.63) is 17.5 Å². The number of rotatable bonds is 4. The number of ether oxygens (including phenoxy) is 1. The lowest BCUT2D eigenvalue weighted by atomic mass is 9.85. The molecule has 1 aromatic rings. The number of nitrogens with one attached hydrogen (secondary N) is 1. The molecule has 1 fully saturated rings. The molecule has 1 heterocycles. The maximum Gasteiger partial charge on any atom is 0.269 e. The van der Waals surface area contributed by atoms with E-state index in [0.29, 0.717) is 17.7 Å². The van der Waals surface area contributed by atoms with Crippen molar-refractivity contribution >= 4 is 5.91 Å². The number of aryl methyl sites for hydroxylation is 1. The van der Waals surface area contributed by atoms with Crippen molar-refractivity contribution < 1.29 is 9.53 Å². The van der Waals surface area contributed by atoms with Gasteiger partial charge in [-0.1, -0.05) is 20.8 Å². The summed E-state index contributed by atoms with van der Waals surface area (Å²) in [5.41, 5.74) is 1.72. The van der Waals surface area contributed by atoms with Crippen molar-refractivity contribution in [3.63, 3.8) is 0 Å². The fraction of sp³-hybridized carbons (Fsp3) is 0.778. The molecule has 0 bridgehead atoms. The summed E-state index contributed by atoms with van der Waals surface area (Å²) in [4.78, 5) is 12.5. The number of nitrogens with zero attached hydrogens (tertiary/aromatic N) is 2. The van der Waals surface area contributed by atoms with Gasteiger partial charge in [-0.05, 0) is 44.1 Å². The van der Waals surface area contributed by atoms with Crippen LogP contribution in [0.4, 0.5) is 0 Å². The first-order chi connectivity index (χ1) is 10.7. The lowest BCUT2D eigenvalue weighted by Crippen LogP contribution is -2.42. The number of carbonyl (C=O) groups excluding carboxylic acids is 1. The molecule has 5 nitrogen and oxygen atoms in total. The molecule has 1 amide bonds. The minimum absolute atomic E-state index is 0.0373. The SMILES string of the molecule is COC1CCC(c2cc(C(=O)N[C@@H](C)C(C)(C)C)n(C)n2)CC1. The van der Waals surface area contributed by atoms with Crippen LogP contribution < -0.4 is 5.32 Å². The summed E-state index contributed by atoms with van der Waals surface area (Å²) in [5, 5.41) is 7.68. The fourth-order valence-corrected chi connectivity index (χ4v) is 2.98. The van der Waals surface area contributed by atoms with Crippen LogP contribution >= 0.6 is 0 Å². The lowest BCUT2D eigenvalue weighted by molar-refractivity contribution is 0.0654. The standard InChI is InChI=1S/C18H31N3O2/c1-12(18(2,3)4)19-17(22)16-11-15(20-21(16)5)13-7-9-14(23-6)10-8-13/h11-14H,7-10H2,1-6H3,(H,19,22)/t12-,13?,14?/m0/s1. The van der Waals surface area contributed by atoms with E-state index in [1.54, 1.807) is 11.8 Å². The molecule has 1 saturated carbocycles. The van der Waals surface area contributed by atoms with E-state index >= 15 is 0 Å². The Morgan fingerprint density at radius 2 is 1.96 bits per heavy atom. The molecule has 130 valence electrons. The maximum absolute atomic E-state index is 12.5. The van der Waals surface area contributed by atoms with E-state index in [1.807, 2.05) is 20.0 Å². The Balaban J connectivity index is 2.05. The van der Waals surface area contributed by atoms with E-state index in [-0.39, 0.29) is 17.4 Å². The van der Waals surface area contributed by atoms with E-state index in [0.717, 1.165) is 31.4 Å². The van der Waals surface area contributed by atoms with Crippen molar-refractivity contribution in [2.24, 2.45) is 12.5 Å². The third-order valence-electron chi connectivity index (χ3n) is 5.20. The van der Waals surface area contributed by atoms with Crippen LogP contribution in [0.3, 0.4) is 0 Å². The Bertz CT molecular complexity index is 537. The highest BCUT2D eigenvalue weighted by Gasteiger charge is 2.27. The predicted molar refractivity (Wildman–Crippen MR) is 91.6 cm³/mol. The molecule has 0 aliphatic heterocycles. The van der Waals surface area contributed by atoms with Gasteiger partial charge in [0.25, 0.3) is 5.91 Å². The molecular weight excluding hydrogens is 290 g/mol. The van der Waals surface area contributed by atoms with Gasteiger partial charge in [0.2, 0.25) is 0 Å². The first-order valence-electron chi connectivity index (χ1n) is 8.60. The highest BCUT2D eigenvalue weighted by atomic mass is 16.5. The fourth-order valence-electron chi connectivity index (χ4n) is 2.98. The van der Waals surface area contributed by atoms with Gasteiger partial charge in [0.05, 0.1) is 11.8 Å². The van der Waals surface area contributed by atoms with Gasteiger partial charge in [-0.3, -0.25) is 9.48 Å². The molecule has 1 aliphatic carbocycles. The second-order valence-electron chi connectivity index (χ2n) is 7.85. The minimum Gasteiger partial charge on any atom is -0.381 e. The number of hydrogen-bond donors (Lipinski definition) is 1. The molecule has 0 saturated heterocycles. The van der Waals surface area contributed by atoms with Gasteiger partial charge in [0.15, 0.2) is 0 Å². The zero-order valence-corrected chi connectivity index (χ0v) is 15.3. The van der Waals surface area contributed by atoms with Crippen LogP contribution in [0.25, 0.3) is 0 Å². The molecule has 1 aromatic heterocycles. The summed E-state index contributed by atoms with van der Waals surface area (Å²) in [6.45, 7) is 8.42. The summed E-state index contributed by atoms with van der Waals surface area (Å²) >= 11 is 0. The molecule has 2 rings (SSSR count). The Morgan fingerprint density at radius 3 is 2.48 bits per heavy atom. The summed E-state index contributed by atoms with van der Waals surface area (Å²) in [7, 11) is 3.63. The van der Waals surface area contributed by atoms with Crippen molar-refractivity contribution in [2.75, 3.05) is 7.11 Å². The average Bonchev–Trinajstić information content (AvgIpc) is 2.88. The average molecular weight is 321 g/mol. The topological polar surface area (TPSA) is 56.1 Å². The van der Waals surface area contributed by atoms with Gasteiger partial charge in [-0.25, -0.2) is 0 Å². The number of amides is 1. The third-order valence-corrected chi connectivity index (χ3v) is 5.20. The Kier molecular flexibility index (Phi) is 5.50. The molecule has 1 atom stereocenters. The largest absolute Gasteiger partial charge is 0.381 e. The Hall–Kier alpha value is -1.36. The van der Waals surface area contributed by atoms with Crippen LogP contribution in [0.5, 0.6) is 0 Å². The van der Waals surface area contributed by atoms with Crippen LogP contribution in [-0.4, -0.2) is 34.9 Å². The van der Waals surface area contributed by atoms with Crippen LogP contribution in [0.15, 0.2) is 6.07 Å². The monoisotopic (exact) mass is 321 g/mol. The Labute approximate surface area is 139 Å². The zero-order valence-electron chi connectivity index (χ0n) is 15.3. The third kappa shape index (κ3) is 4.34. The smallest absolute Gasteiger partial charge is 0.269 e. The summed E-state index contributed by atoms with van der Waals surface area (Å²) in [6, 6.07) is 2.06. The van der Waals surface area contributed by atoms with Crippen LogP contribution in [-0.2, 0) is 11.8 Å². The van der Waals surface area contributed by atoms with E-state index in [2.05, 4.69) is 31.2 Å². The summed E-state index contributed by atoms with van der Waals surface area (Å²) in [6.07, 6.45) is 4.68. The summed E-state index contributed by atoms with van der Waals surface area (Å²) in [5.74, 6) is 0.397. The maximum atomic E-state index is 12.5. The van der Waals surface area contributed by atoms with Gasteiger partial charge in [-0.15, -0.1) is 0 Å². The first-order valence-corrected chi connectivity index (χ1v) is 8.60. The van der Waals surface area contributed by atoms with E-state index in [4.69, 9.17) is 4.74 Å². The molecule has 0 spiro atoms. The second kappa shape index (κ2) is 7.04. The van der Waals surface area contributed by atoms with E-state index < -0.39 is 0 Å². The van der Waals surface area contributed by atoms with E-state index in [9.17, 15) is 4.79 Å². The van der Waals surface area contributed by atoms with Gasteiger partial charge in [0, 0.05) is 26.1 Å². The zero-order chi connectivity index (χ0) is 17.2. The molecule has 0 aromatic carbocycles. The molecule has 5 heteroatoms. The molecule has 0 unspecified atom stereocenters. The van der Waals surface area contributed by atoms with Crippen molar-refractivity contribution in [3.8, 4) is 0 Å². The van der Waals surface area contributed by atoms with Gasteiger partial charge >= 0.3 is 0 Å². The van der Waals surface area contributed by atoms with Gasteiger partial charge < -0.3 is 10.1 Å². The minimum atomic E-state index is -0.0424. The Morgan fingerprint density at radius 1 is 1.35 bits per heavy atom. The van der Waals surface area contributed by atoms with Gasteiger partial charge in [-0.2, -0.15) is 5.10 Å². The van der Waals surface area contributed by atoms with Crippen molar-refractivity contribution in [1.29, 1.82) is 0 Å². The van der Waals surface area contributed by atoms with Crippen molar-refractivity contribution in [2.45, 2.75) is 71.4 Å². The number of carbonyl (C=O) groups is 1. The van der Waals surface area contributed by atoms with Crippen LogP contribution in [0.1, 0.15) is 75.5 Å². The van der Waals surface area contributed by atoms with Crippen molar-refractivity contribution in [1.82, 2.24) is 15.1 Å². The molecule has 0 radical (unpaired) electrons. The highest BCUT2D eigenvalue weighted by Crippen LogP contribution is 2.33. The first kappa shape index (κ1) is 18.0. The highest BCUT2D eigenvalue weighted by molar-refractivity contribution is 5.92. The predicted octanol–water partition coefficient (Wildman–Crippen LogP) is 3.26. The van der Waals surface area contributed by atoms with Gasteiger partial charge in [0.1, 0.15) is 5.69 Å². The summed E-state index contributed by atoms with van der Waals surface area (Å²) < 4.78 is 7.14. The van der Waals surface area contributed by atoms with Crippen LogP contribution in [0, 0.1) is 5.41 Å². The molecule has 1 N–H and O–H groups in total. The quantitative estimate of drug-likeness (QED) is 0.926. The van der Waals surface area contributed by atoms with Crippen LogP contribution in [0.2, 0.25) is 0 Å². The second-order valence-corrected chi connectivity index (χ2v) is 7.85. The molecule has 23 heavy (non-hydrogen) atoms. The number of methoxy groups -OCH3 is 1. The molecule has 1 aliphatic rings. The molecular formula is C18H31N3O2. The lowest BCUT2D eigenvalue weighted by Gasteiger charge is -2.28.